The van der Waals surface area contributed by atoms with Gasteiger partial charge in [-0.25, -0.2) is 9.97 Å². The Morgan fingerprint density at radius 3 is 2.53 bits per heavy atom. The number of H-pyrrole nitrogens is 1. The summed E-state index contributed by atoms with van der Waals surface area (Å²) in [6, 6.07) is 18.3. The van der Waals surface area contributed by atoms with Gasteiger partial charge in [0, 0.05) is 16.5 Å². The van der Waals surface area contributed by atoms with Crippen LogP contribution in [0.25, 0.3) is 33.3 Å². The van der Waals surface area contributed by atoms with Gasteiger partial charge in [0.2, 0.25) is 0 Å². The van der Waals surface area contributed by atoms with E-state index in [0.717, 1.165) is 33.3 Å². The Labute approximate surface area is 110 Å². The fourth-order valence-electron chi connectivity index (χ4n) is 2.34. The minimum absolute atomic E-state index is 0.834. The molecule has 19 heavy (non-hydrogen) atoms. The quantitative estimate of drug-likeness (QED) is 0.554. The van der Waals surface area contributed by atoms with Gasteiger partial charge in [-0.2, -0.15) is 0 Å². The number of aromatic nitrogens is 3. The van der Waals surface area contributed by atoms with E-state index >= 15 is 0 Å². The summed E-state index contributed by atoms with van der Waals surface area (Å²) in [7, 11) is 0. The van der Waals surface area contributed by atoms with Crippen molar-refractivity contribution >= 4 is 22.1 Å². The molecule has 0 bridgehead atoms. The zero-order chi connectivity index (χ0) is 12.7. The first-order valence-electron chi connectivity index (χ1n) is 6.21. The largest absolute Gasteiger partial charge is 0.338 e. The number of hydrogen-bond donors (Lipinski definition) is 1. The second-order valence-corrected chi connectivity index (χ2v) is 4.49. The van der Waals surface area contributed by atoms with Crippen molar-refractivity contribution in [3.05, 3.63) is 60.8 Å². The highest BCUT2D eigenvalue weighted by Gasteiger charge is 2.07. The number of aromatic amines is 1. The van der Waals surface area contributed by atoms with Crippen LogP contribution < -0.4 is 0 Å². The maximum atomic E-state index is 4.74. The van der Waals surface area contributed by atoms with Crippen molar-refractivity contribution in [1.82, 2.24) is 15.0 Å². The summed E-state index contributed by atoms with van der Waals surface area (Å²) in [4.78, 5) is 12.5. The van der Waals surface area contributed by atoms with Crippen LogP contribution in [0.15, 0.2) is 60.8 Å². The minimum Gasteiger partial charge on any atom is -0.338 e. The Bertz CT molecular complexity index is 863. The summed E-state index contributed by atoms with van der Waals surface area (Å²) in [5.41, 5.74) is 4.82. The highest BCUT2D eigenvalue weighted by molar-refractivity contribution is 6.03. The first-order valence-corrected chi connectivity index (χ1v) is 6.21. The normalized spacial score (nSPS) is 11.2. The van der Waals surface area contributed by atoms with Gasteiger partial charge in [0.25, 0.3) is 0 Å². The fraction of sp³-hybridized carbons (Fsp3) is 0. The molecule has 3 nitrogen and oxygen atoms in total. The van der Waals surface area contributed by atoms with E-state index in [-0.39, 0.29) is 0 Å². The van der Waals surface area contributed by atoms with E-state index in [4.69, 9.17) is 4.98 Å². The van der Waals surface area contributed by atoms with Gasteiger partial charge in [0.05, 0.1) is 11.9 Å². The van der Waals surface area contributed by atoms with Crippen LogP contribution >= 0.6 is 0 Å². The van der Waals surface area contributed by atoms with Crippen LogP contribution in [-0.4, -0.2) is 15.0 Å². The summed E-state index contributed by atoms with van der Waals surface area (Å²) >= 11 is 0. The predicted molar refractivity (Wildman–Crippen MR) is 76.8 cm³/mol. The number of hydrogen-bond acceptors (Lipinski definition) is 2. The SMILES string of the molecule is c1ccc(-c2cnc3[nH]c4ccccc4c3n2)cc1. The van der Waals surface area contributed by atoms with Crippen LogP contribution in [0.3, 0.4) is 0 Å². The molecule has 4 rings (SSSR count). The van der Waals surface area contributed by atoms with Crippen molar-refractivity contribution in [1.29, 1.82) is 0 Å². The van der Waals surface area contributed by atoms with Gasteiger partial charge in [-0.15, -0.1) is 0 Å². The van der Waals surface area contributed by atoms with Crippen LogP contribution in [0.4, 0.5) is 0 Å². The van der Waals surface area contributed by atoms with E-state index in [9.17, 15) is 0 Å². The average Bonchev–Trinajstić information content (AvgIpc) is 2.86. The monoisotopic (exact) mass is 245 g/mol. The summed E-state index contributed by atoms with van der Waals surface area (Å²) < 4.78 is 0. The van der Waals surface area contributed by atoms with E-state index in [0.29, 0.717) is 0 Å². The van der Waals surface area contributed by atoms with E-state index in [1.807, 2.05) is 54.7 Å². The predicted octanol–water partition coefficient (Wildman–Crippen LogP) is 3.78. The van der Waals surface area contributed by atoms with E-state index in [2.05, 4.69) is 16.0 Å². The molecule has 2 heterocycles. The van der Waals surface area contributed by atoms with E-state index in [1.165, 1.54) is 0 Å². The molecule has 0 amide bonds. The van der Waals surface area contributed by atoms with Crippen LogP contribution in [0.1, 0.15) is 0 Å². The molecule has 4 aromatic rings. The van der Waals surface area contributed by atoms with Crippen LogP contribution in [-0.2, 0) is 0 Å². The number of fused-ring (bicyclic) bond motifs is 3. The number of rotatable bonds is 1. The van der Waals surface area contributed by atoms with Gasteiger partial charge in [-0.1, -0.05) is 48.5 Å². The van der Waals surface area contributed by atoms with Gasteiger partial charge < -0.3 is 4.98 Å². The molecule has 2 aromatic carbocycles. The molecule has 0 aliphatic heterocycles. The van der Waals surface area contributed by atoms with Crippen LogP contribution in [0, 0.1) is 0 Å². The molecule has 0 atom stereocenters. The number of para-hydroxylation sites is 1. The van der Waals surface area contributed by atoms with Crippen molar-refractivity contribution in [2.75, 3.05) is 0 Å². The lowest BCUT2D eigenvalue weighted by molar-refractivity contribution is 1.27. The fourth-order valence-corrected chi connectivity index (χ4v) is 2.34. The standard InChI is InChI=1S/C16H11N3/c1-2-6-11(7-3-1)14-10-17-16-15(18-14)12-8-4-5-9-13(12)19-16/h1-10H,(H,17,19). The molecule has 1 N–H and O–H groups in total. The average molecular weight is 245 g/mol. The molecular formula is C16H11N3. The zero-order valence-corrected chi connectivity index (χ0v) is 10.2. The molecule has 0 saturated heterocycles. The second kappa shape index (κ2) is 3.92. The summed E-state index contributed by atoms with van der Waals surface area (Å²) in [6.07, 6.45) is 1.81. The van der Waals surface area contributed by atoms with Gasteiger partial charge in [0.15, 0.2) is 5.65 Å². The summed E-state index contributed by atoms with van der Waals surface area (Å²) in [5.74, 6) is 0. The third kappa shape index (κ3) is 1.59. The number of benzene rings is 2. The van der Waals surface area contributed by atoms with Crippen molar-refractivity contribution < 1.29 is 0 Å². The molecule has 2 aromatic heterocycles. The number of nitrogens with zero attached hydrogens (tertiary/aromatic N) is 2. The molecule has 0 aliphatic carbocycles. The summed E-state index contributed by atoms with van der Waals surface area (Å²) in [5, 5.41) is 1.11. The lowest BCUT2D eigenvalue weighted by Gasteiger charge is -1.99. The minimum atomic E-state index is 0.834. The molecule has 90 valence electrons. The maximum Gasteiger partial charge on any atom is 0.157 e. The Kier molecular flexibility index (Phi) is 2.12. The smallest absolute Gasteiger partial charge is 0.157 e. The Hall–Kier alpha value is -2.68. The third-order valence-corrected chi connectivity index (χ3v) is 3.28. The van der Waals surface area contributed by atoms with E-state index < -0.39 is 0 Å². The van der Waals surface area contributed by atoms with Crippen molar-refractivity contribution in [3.63, 3.8) is 0 Å². The highest BCUT2D eigenvalue weighted by Crippen LogP contribution is 2.24. The van der Waals surface area contributed by atoms with Gasteiger partial charge in [-0.05, 0) is 6.07 Å². The van der Waals surface area contributed by atoms with Gasteiger partial charge in [0.1, 0.15) is 5.52 Å². The van der Waals surface area contributed by atoms with Crippen molar-refractivity contribution in [3.8, 4) is 11.3 Å². The second-order valence-electron chi connectivity index (χ2n) is 4.49. The molecule has 3 heteroatoms. The van der Waals surface area contributed by atoms with E-state index in [1.54, 1.807) is 0 Å². The molecule has 0 saturated carbocycles. The Balaban J connectivity index is 2.03. The van der Waals surface area contributed by atoms with Crippen LogP contribution in [0.2, 0.25) is 0 Å². The van der Waals surface area contributed by atoms with Crippen molar-refractivity contribution in [2.24, 2.45) is 0 Å². The third-order valence-electron chi connectivity index (χ3n) is 3.28. The Morgan fingerprint density at radius 1 is 0.842 bits per heavy atom. The zero-order valence-electron chi connectivity index (χ0n) is 10.2. The highest BCUT2D eigenvalue weighted by atomic mass is 14.9. The molecule has 0 radical (unpaired) electrons. The molecule has 0 fully saturated rings. The van der Waals surface area contributed by atoms with Gasteiger partial charge >= 0.3 is 0 Å². The van der Waals surface area contributed by atoms with Crippen molar-refractivity contribution in [2.45, 2.75) is 0 Å². The first-order chi connectivity index (χ1) is 9.42. The summed E-state index contributed by atoms with van der Waals surface area (Å²) in [6.45, 7) is 0. The lowest BCUT2D eigenvalue weighted by atomic mass is 10.1. The molecule has 0 aliphatic rings. The topological polar surface area (TPSA) is 41.6 Å². The lowest BCUT2D eigenvalue weighted by Crippen LogP contribution is -1.86. The molecular weight excluding hydrogens is 234 g/mol. The molecule has 0 unspecified atom stereocenters. The van der Waals surface area contributed by atoms with Crippen LogP contribution in [0.5, 0.6) is 0 Å². The number of nitrogens with one attached hydrogen (secondary N) is 1. The Morgan fingerprint density at radius 2 is 1.63 bits per heavy atom. The maximum absolute atomic E-state index is 4.74. The van der Waals surface area contributed by atoms with Gasteiger partial charge in [-0.3, -0.25) is 0 Å². The molecule has 0 spiro atoms. The first kappa shape index (κ1) is 10.3.